The Morgan fingerprint density at radius 1 is 0.905 bits per heavy atom. The van der Waals surface area contributed by atoms with Crippen molar-refractivity contribution in [2.24, 2.45) is 0 Å². The van der Waals surface area contributed by atoms with E-state index in [0.29, 0.717) is 24.5 Å². The minimum absolute atomic E-state index is 0.400. The van der Waals surface area contributed by atoms with Gasteiger partial charge in [0.2, 0.25) is 0 Å². The summed E-state index contributed by atoms with van der Waals surface area (Å²) in [5.41, 5.74) is 4.04. The molecule has 0 saturated heterocycles. The summed E-state index contributed by atoms with van der Waals surface area (Å²) in [5.74, 6) is 1.51. The van der Waals surface area contributed by atoms with Gasteiger partial charge in [-0.15, -0.1) is 0 Å². The lowest BCUT2D eigenvalue weighted by atomic mass is 10.1. The van der Waals surface area contributed by atoms with Crippen molar-refractivity contribution in [3.05, 3.63) is 58.7 Å². The molecule has 21 heavy (non-hydrogen) atoms. The van der Waals surface area contributed by atoms with Gasteiger partial charge in [-0.1, -0.05) is 24.3 Å². The lowest BCUT2D eigenvalue weighted by Crippen LogP contribution is -2.11. The van der Waals surface area contributed by atoms with E-state index in [1.807, 2.05) is 19.1 Å². The number of ether oxygens (including phenoxy) is 2. The van der Waals surface area contributed by atoms with Crippen molar-refractivity contribution < 1.29 is 14.3 Å². The third-order valence-corrected chi connectivity index (χ3v) is 3.51. The molecule has 0 radical (unpaired) electrons. The third-order valence-electron chi connectivity index (χ3n) is 3.51. The van der Waals surface area contributed by atoms with E-state index in [2.05, 4.69) is 26.0 Å². The lowest BCUT2D eigenvalue weighted by Gasteiger charge is -2.14. The van der Waals surface area contributed by atoms with Crippen LogP contribution in [0, 0.1) is 20.8 Å². The first kappa shape index (κ1) is 15.1. The molecular weight excluding hydrogens is 264 g/mol. The maximum Gasteiger partial charge on any atom is 0.153 e. The van der Waals surface area contributed by atoms with Gasteiger partial charge in [0, 0.05) is 0 Å². The highest BCUT2D eigenvalue weighted by Gasteiger charge is 2.07. The third kappa shape index (κ3) is 3.63. The number of benzene rings is 2. The monoisotopic (exact) mass is 284 g/mol. The topological polar surface area (TPSA) is 35.5 Å². The van der Waals surface area contributed by atoms with E-state index >= 15 is 0 Å². The van der Waals surface area contributed by atoms with Gasteiger partial charge in [0.05, 0.1) is 5.56 Å². The summed E-state index contributed by atoms with van der Waals surface area (Å²) in [5, 5.41) is 0. The Morgan fingerprint density at radius 3 is 2.33 bits per heavy atom. The summed E-state index contributed by atoms with van der Waals surface area (Å²) >= 11 is 0. The number of hydrogen-bond donors (Lipinski definition) is 0. The number of hydrogen-bond acceptors (Lipinski definition) is 3. The number of rotatable bonds is 6. The summed E-state index contributed by atoms with van der Waals surface area (Å²) in [6, 6.07) is 11.3. The van der Waals surface area contributed by atoms with Gasteiger partial charge in [-0.2, -0.15) is 0 Å². The molecule has 2 rings (SSSR count). The van der Waals surface area contributed by atoms with Crippen molar-refractivity contribution in [1.82, 2.24) is 0 Å². The standard InChI is InChI=1S/C18H20O3/c1-13-8-9-14(2)18(15(13)3)21-11-10-20-17-7-5-4-6-16(17)12-19/h4-9,12H,10-11H2,1-3H3. The molecule has 0 heterocycles. The van der Waals surface area contributed by atoms with Crippen LogP contribution in [0.5, 0.6) is 11.5 Å². The summed E-state index contributed by atoms with van der Waals surface area (Å²) in [6.45, 7) is 7.00. The van der Waals surface area contributed by atoms with Gasteiger partial charge in [-0.3, -0.25) is 4.79 Å². The van der Waals surface area contributed by atoms with Crippen LogP contribution in [0.4, 0.5) is 0 Å². The summed E-state index contributed by atoms with van der Waals surface area (Å²) < 4.78 is 11.4. The maximum atomic E-state index is 10.9. The van der Waals surface area contributed by atoms with Crippen molar-refractivity contribution in [2.45, 2.75) is 20.8 Å². The zero-order valence-corrected chi connectivity index (χ0v) is 12.7. The van der Waals surface area contributed by atoms with Gasteiger partial charge in [-0.25, -0.2) is 0 Å². The predicted molar refractivity (Wildman–Crippen MR) is 83.5 cm³/mol. The Morgan fingerprint density at radius 2 is 1.57 bits per heavy atom. The number of carbonyl (C=O) groups excluding carboxylic acids is 1. The Labute approximate surface area is 125 Å². The number of para-hydroxylation sites is 1. The van der Waals surface area contributed by atoms with Gasteiger partial charge in [0.25, 0.3) is 0 Å². The minimum atomic E-state index is 0.400. The molecule has 0 spiro atoms. The highest BCUT2D eigenvalue weighted by Crippen LogP contribution is 2.25. The van der Waals surface area contributed by atoms with Crippen LogP contribution in [-0.2, 0) is 0 Å². The highest BCUT2D eigenvalue weighted by molar-refractivity contribution is 5.79. The molecule has 0 amide bonds. The predicted octanol–water partition coefficient (Wildman–Crippen LogP) is 3.88. The van der Waals surface area contributed by atoms with E-state index in [0.717, 1.165) is 23.2 Å². The Hall–Kier alpha value is -2.29. The Bertz CT molecular complexity index is 632. The van der Waals surface area contributed by atoms with E-state index in [-0.39, 0.29) is 0 Å². The fourth-order valence-electron chi connectivity index (χ4n) is 2.15. The molecule has 0 aliphatic rings. The molecule has 0 aliphatic heterocycles. The molecule has 0 aliphatic carbocycles. The van der Waals surface area contributed by atoms with Crippen LogP contribution < -0.4 is 9.47 Å². The Balaban J connectivity index is 1.94. The largest absolute Gasteiger partial charge is 0.489 e. The molecule has 0 bridgehead atoms. The molecule has 110 valence electrons. The van der Waals surface area contributed by atoms with Gasteiger partial charge < -0.3 is 9.47 Å². The van der Waals surface area contributed by atoms with Crippen molar-refractivity contribution in [2.75, 3.05) is 13.2 Å². The van der Waals surface area contributed by atoms with Crippen LogP contribution in [0.1, 0.15) is 27.0 Å². The Kier molecular flexibility index (Phi) is 4.99. The molecule has 3 nitrogen and oxygen atoms in total. The molecular formula is C18H20O3. The van der Waals surface area contributed by atoms with Gasteiger partial charge >= 0.3 is 0 Å². The first-order valence-corrected chi connectivity index (χ1v) is 7.00. The van der Waals surface area contributed by atoms with Gasteiger partial charge in [0.15, 0.2) is 6.29 Å². The SMILES string of the molecule is Cc1ccc(C)c(OCCOc2ccccc2C=O)c1C. The van der Waals surface area contributed by atoms with E-state index < -0.39 is 0 Å². The second-order valence-electron chi connectivity index (χ2n) is 5.01. The van der Waals surface area contributed by atoms with E-state index in [1.54, 1.807) is 12.1 Å². The number of aldehydes is 1. The normalized spacial score (nSPS) is 10.2. The summed E-state index contributed by atoms with van der Waals surface area (Å²) in [7, 11) is 0. The fraction of sp³-hybridized carbons (Fsp3) is 0.278. The molecule has 0 unspecified atom stereocenters. The van der Waals surface area contributed by atoms with Crippen LogP contribution in [0.3, 0.4) is 0 Å². The molecule has 0 saturated carbocycles. The van der Waals surface area contributed by atoms with E-state index in [1.165, 1.54) is 5.56 Å². The van der Waals surface area contributed by atoms with Crippen molar-refractivity contribution >= 4 is 6.29 Å². The molecule has 0 atom stereocenters. The van der Waals surface area contributed by atoms with E-state index in [9.17, 15) is 4.79 Å². The zero-order chi connectivity index (χ0) is 15.2. The number of aryl methyl sites for hydroxylation is 2. The first-order valence-electron chi connectivity index (χ1n) is 7.00. The van der Waals surface area contributed by atoms with Crippen molar-refractivity contribution in [3.63, 3.8) is 0 Å². The summed E-state index contributed by atoms with van der Waals surface area (Å²) in [6.07, 6.45) is 0.797. The summed E-state index contributed by atoms with van der Waals surface area (Å²) in [4.78, 5) is 10.9. The zero-order valence-electron chi connectivity index (χ0n) is 12.7. The van der Waals surface area contributed by atoms with Gasteiger partial charge in [0.1, 0.15) is 24.7 Å². The molecule has 2 aromatic carbocycles. The van der Waals surface area contributed by atoms with Crippen molar-refractivity contribution in [1.29, 1.82) is 0 Å². The molecule has 0 aromatic heterocycles. The smallest absolute Gasteiger partial charge is 0.153 e. The van der Waals surface area contributed by atoms with Crippen molar-refractivity contribution in [3.8, 4) is 11.5 Å². The molecule has 0 fully saturated rings. The van der Waals surface area contributed by atoms with Crippen LogP contribution >= 0.6 is 0 Å². The minimum Gasteiger partial charge on any atom is -0.489 e. The highest BCUT2D eigenvalue weighted by atomic mass is 16.5. The first-order chi connectivity index (χ1) is 10.1. The lowest BCUT2D eigenvalue weighted by molar-refractivity contribution is 0.111. The fourth-order valence-corrected chi connectivity index (χ4v) is 2.15. The van der Waals surface area contributed by atoms with Crippen LogP contribution in [0.2, 0.25) is 0 Å². The average Bonchev–Trinajstić information content (AvgIpc) is 2.50. The average molecular weight is 284 g/mol. The molecule has 3 heteroatoms. The van der Waals surface area contributed by atoms with Gasteiger partial charge in [-0.05, 0) is 49.6 Å². The number of carbonyl (C=O) groups is 1. The second kappa shape index (κ2) is 6.93. The molecule has 2 aromatic rings. The van der Waals surface area contributed by atoms with Crippen LogP contribution in [-0.4, -0.2) is 19.5 Å². The molecule has 0 N–H and O–H groups in total. The quantitative estimate of drug-likeness (QED) is 0.596. The van der Waals surface area contributed by atoms with Crippen LogP contribution in [0.25, 0.3) is 0 Å². The second-order valence-corrected chi connectivity index (χ2v) is 5.01. The maximum absolute atomic E-state index is 10.9. The van der Waals surface area contributed by atoms with Crippen LogP contribution in [0.15, 0.2) is 36.4 Å². The van der Waals surface area contributed by atoms with E-state index in [4.69, 9.17) is 9.47 Å².